The van der Waals surface area contributed by atoms with E-state index in [9.17, 15) is 4.79 Å². The van der Waals surface area contributed by atoms with Crippen LogP contribution in [0.4, 0.5) is 5.13 Å². The lowest BCUT2D eigenvalue weighted by atomic mass is 10.1. The Bertz CT molecular complexity index is 579. The van der Waals surface area contributed by atoms with E-state index in [1.807, 2.05) is 17.5 Å². The molecule has 0 radical (unpaired) electrons. The Morgan fingerprint density at radius 2 is 2.45 bits per heavy atom. The predicted molar refractivity (Wildman–Crippen MR) is 82.9 cm³/mol. The number of ketones is 1. The van der Waals surface area contributed by atoms with Crippen LogP contribution in [0.2, 0.25) is 0 Å². The molecule has 6 heteroatoms. The molecular formula is C14H17N3OS2. The van der Waals surface area contributed by atoms with Crippen molar-refractivity contribution in [2.24, 2.45) is 0 Å². The molecule has 0 N–H and O–H groups in total. The molecule has 1 fully saturated rings. The minimum absolute atomic E-state index is 0.247. The van der Waals surface area contributed by atoms with Crippen molar-refractivity contribution in [2.45, 2.75) is 38.6 Å². The Morgan fingerprint density at radius 3 is 3.15 bits per heavy atom. The van der Waals surface area contributed by atoms with Gasteiger partial charge in [-0.2, -0.15) is 4.37 Å². The highest BCUT2D eigenvalue weighted by atomic mass is 32.1. The lowest BCUT2D eigenvalue weighted by Gasteiger charge is -2.22. The van der Waals surface area contributed by atoms with Crippen LogP contribution in [0.1, 0.15) is 41.7 Å². The van der Waals surface area contributed by atoms with Crippen molar-refractivity contribution in [3.05, 3.63) is 28.2 Å². The first-order valence-corrected chi connectivity index (χ1v) is 8.59. The van der Waals surface area contributed by atoms with E-state index in [-0.39, 0.29) is 11.8 Å². The highest BCUT2D eigenvalue weighted by Crippen LogP contribution is 2.30. The van der Waals surface area contributed by atoms with Gasteiger partial charge in [-0.05, 0) is 24.3 Å². The van der Waals surface area contributed by atoms with Crippen molar-refractivity contribution in [2.75, 3.05) is 11.4 Å². The number of hydrogen-bond donors (Lipinski definition) is 0. The maximum absolute atomic E-state index is 12.3. The second-order valence-corrected chi connectivity index (χ2v) is 6.62. The van der Waals surface area contributed by atoms with E-state index < -0.39 is 0 Å². The molecule has 1 saturated heterocycles. The zero-order valence-electron chi connectivity index (χ0n) is 11.4. The number of aryl methyl sites for hydroxylation is 1. The predicted octanol–water partition coefficient (Wildman–Crippen LogP) is 3.40. The monoisotopic (exact) mass is 307 g/mol. The summed E-state index contributed by atoms with van der Waals surface area (Å²) in [5.41, 5.74) is 0. The first kappa shape index (κ1) is 13.7. The van der Waals surface area contributed by atoms with Crippen molar-refractivity contribution >= 4 is 33.8 Å². The lowest BCUT2D eigenvalue weighted by molar-refractivity contribution is 0.0978. The number of carbonyl (C=O) groups is 1. The summed E-state index contributed by atoms with van der Waals surface area (Å²) in [6.07, 6.45) is 3.65. The summed E-state index contributed by atoms with van der Waals surface area (Å²) in [5, 5.41) is 2.93. The van der Waals surface area contributed by atoms with Crippen LogP contribution in [-0.4, -0.2) is 27.7 Å². The summed E-state index contributed by atoms with van der Waals surface area (Å²) in [5.74, 6) is 1.15. The number of Topliss-reactive ketones (excluding diaryl/α,β-unsaturated/α-hetero) is 1. The molecule has 0 aliphatic carbocycles. The Labute approximate surface area is 126 Å². The largest absolute Gasteiger partial charge is 0.343 e. The molecule has 0 aromatic carbocycles. The number of aromatic nitrogens is 2. The molecule has 0 saturated carbocycles. The molecule has 1 aliphatic rings. The minimum Gasteiger partial charge on any atom is -0.343 e. The molecule has 2 aromatic rings. The summed E-state index contributed by atoms with van der Waals surface area (Å²) in [6.45, 7) is 3.05. The number of nitrogens with zero attached hydrogens (tertiary/aromatic N) is 3. The second-order valence-electron chi connectivity index (χ2n) is 4.94. The van der Waals surface area contributed by atoms with Gasteiger partial charge in [0.15, 0.2) is 5.78 Å². The molecular weight excluding hydrogens is 290 g/mol. The number of hydrogen-bond acceptors (Lipinski definition) is 6. The Kier molecular flexibility index (Phi) is 4.12. The highest BCUT2D eigenvalue weighted by molar-refractivity contribution is 7.12. The standard InChI is InChI=1S/C14H17N3OS2/c1-2-13-15-14(20-16-13)17-7-3-5-10(17)9-11(18)12-6-4-8-19-12/h4,6,8,10H,2-3,5,7,9H2,1H3. The van der Waals surface area contributed by atoms with Crippen LogP contribution in [-0.2, 0) is 6.42 Å². The van der Waals surface area contributed by atoms with Crippen LogP contribution < -0.4 is 4.90 Å². The van der Waals surface area contributed by atoms with Gasteiger partial charge in [-0.1, -0.05) is 13.0 Å². The molecule has 4 nitrogen and oxygen atoms in total. The molecule has 0 spiro atoms. The van der Waals surface area contributed by atoms with E-state index in [4.69, 9.17) is 0 Å². The summed E-state index contributed by atoms with van der Waals surface area (Å²) in [6, 6.07) is 4.12. The molecule has 1 aliphatic heterocycles. The van der Waals surface area contributed by atoms with Crippen molar-refractivity contribution in [3.8, 4) is 0 Å². The maximum atomic E-state index is 12.3. The van der Waals surface area contributed by atoms with Crippen LogP contribution in [0, 0.1) is 0 Å². The highest BCUT2D eigenvalue weighted by Gasteiger charge is 2.29. The van der Waals surface area contributed by atoms with E-state index in [2.05, 4.69) is 21.2 Å². The molecule has 1 unspecified atom stereocenters. The smallest absolute Gasteiger partial charge is 0.205 e. The van der Waals surface area contributed by atoms with Gasteiger partial charge in [-0.25, -0.2) is 4.98 Å². The van der Waals surface area contributed by atoms with E-state index >= 15 is 0 Å². The summed E-state index contributed by atoms with van der Waals surface area (Å²) < 4.78 is 4.35. The lowest BCUT2D eigenvalue weighted by Crippen LogP contribution is -2.31. The summed E-state index contributed by atoms with van der Waals surface area (Å²) in [7, 11) is 0. The third kappa shape index (κ3) is 2.76. The molecule has 20 heavy (non-hydrogen) atoms. The first-order chi connectivity index (χ1) is 9.78. The Balaban J connectivity index is 1.71. The summed E-state index contributed by atoms with van der Waals surface area (Å²) in [4.78, 5) is 19.9. The summed E-state index contributed by atoms with van der Waals surface area (Å²) >= 11 is 2.98. The van der Waals surface area contributed by atoms with Crippen LogP contribution in [0.5, 0.6) is 0 Å². The number of anilines is 1. The third-order valence-electron chi connectivity index (χ3n) is 3.61. The second kappa shape index (κ2) is 6.01. The quantitative estimate of drug-likeness (QED) is 0.794. The zero-order chi connectivity index (χ0) is 13.9. The SMILES string of the molecule is CCc1nsc(N2CCCC2CC(=O)c2cccs2)n1. The average Bonchev–Trinajstić information content (AvgIpc) is 3.19. The van der Waals surface area contributed by atoms with E-state index in [0.29, 0.717) is 6.42 Å². The van der Waals surface area contributed by atoms with Gasteiger partial charge >= 0.3 is 0 Å². The van der Waals surface area contributed by atoms with Crippen LogP contribution in [0.25, 0.3) is 0 Å². The number of carbonyl (C=O) groups excluding carboxylic acids is 1. The van der Waals surface area contributed by atoms with Crippen molar-refractivity contribution in [3.63, 3.8) is 0 Å². The van der Waals surface area contributed by atoms with Gasteiger partial charge in [0.25, 0.3) is 0 Å². The average molecular weight is 307 g/mol. The van der Waals surface area contributed by atoms with E-state index in [1.54, 1.807) is 0 Å². The molecule has 1 atom stereocenters. The topological polar surface area (TPSA) is 46.1 Å². The van der Waals surface area contributed by atoms with Gasteiger partial charge in [-0.15, -0.1) is 11.3 Å². The van der Waals surface area contributed by atoms with Gasteiger partial charge in [-0.3, -0.25) is 4.79 Å². The normalized spacial score (nSPS) is 18.6. The van der Waals surface area contributed by atoms with Gasteiger partial charge in [0, 0.05) is 37.0 Å². The van der Waals surface area contributed by atoms with Crippen LogP contribution in [0.3, 0.4) is 0 Å². The molecule has 3 heterocycles. The minimum atomic E-state index is 0.247. The van der Waals surface area contributed by atoms with E-state index in [0.717, 1.165) is 41.6 Å². The molecule has 106 valence electrons. The fourth-order valence-electron chi connectivity index (χ4n) is 2.56. The van der Waals surface area contributed by atoms with Gasteiger partial charge in [0.05, 0.1) is 4.88 Å². The maximum Gasteiger partial charge on any atom is 0.205 e. The molecule has 0 amide bonds. The van der Waals surface area contributed by atoms with Gasteiger partial charge < -0.3 is 4.90 Å². The zero-order valence-corrected chi connectivity index (χ0v) is 13.0. The first-order valence-electron chi connectivity index (χ1n) is 6.94. The fourth-order valence-corrected chi connectivity index (χ4v) is 4.08. The van der Waals surface area contributed by atoms with Gasteiger partial charge in [0.1, 0.15) is 5.82 Å². The third-order valence-corrected chi connectivity index (χ3v) is 5.32. The molecule has 2 aromatic heterocycles. The van der Waals surface area contributed by atoms with Crippen molar-refractivity contribution in [1.29, 1.82) is 0 Å². The Morgan fingerprint density at radius 1 is 1.55 bits per heavy atom. The Hall–Kier alpha value is -1.27. The molecule has 0 bridgehead atoms. The van der Waals surface area contributed by atoms with E-state index in [1.165, 1.54) is 22.9 Å². The van der Waals surface area contributed by atoms with Gasteiger partial charge in [0.2, 0.25) is 5.13 Å². The number of rotatable bonds is 5. The number of thiophene rings is 1. The fraction of sp³-hybridized carbons (Fsp3) is 0.500. The van der Waals surface area contributed by atoms with Crippen LogP contribution in [0.15, 0.2) is 17.5 Å². The van der Waals surface area contributed by atoms with Crippen molar-refractivity contribution in [1.82, 2.24) is 9.36 Å². The van der Waals surface area contributed by atoms with Crippen molar-refractivity contribution < 1.29 is 4.79 Å². The van der Waals surface area contributed by atoms with Crippen LogP contribution >= 0.6 is 22.9 Å². The molecule has 3 rings (SSSR count).